The predicted molar refractivity (Wildman–Crippen MR) is 124 cm³/mol. The molecule has 0 unspecified atom stereocenters. The van der Waals surface area contributed by atoms with Gasteiger partial charge in [-0.1, -0.05) is 12.1 Å². The third kappa shape index (κ3) is 3.85. The van der Waals surface area contributed by atoms with Gasteiger partial charge in [0.2, 0.25) is 0 Å². The van der Waals surface area contributed by atoms with Crippen molar-refractivity contribution in [3.8, 4) is 5.75 Å². The first-order chi connectivity index (χ1) is 16.0. The lowest BCUT2D eigenvalue weighted by Gasteiger charge is -2.14. The normalized spacial score (nSPS) is 12.8. The molecule has 2 heterocycles. The van der Waals surface area contributed by atoms with Crippen molar-refractivity contribution in [3.05, 3.63) is 88.4 Å². The summed E-state index contributed by atoms with van der Waals surface area (Å²) in [6.45, 7) is 2.42. The lowest BCUT2D eigenvalue weighted by molar-refractivity contribution is 0.0472. The Bertz CT molecular complexity index is 1360. The third-order valence-corrected chi connectivity index (χ3v) is 6.20. The number of nitrogens with zero attached hydrogens (tertiary/aromatic N) is 2. The Morgan fingerprint density at radius 1 is 0.970 bits per heavy atom. The second-order valence-electron chi connectivity index (χ2n) is 7.28. The van der Waals surface area contributed by atoms with Crippen LogP contribution in [0.3, 0.4) is 0 Å². The number of anilines is 1. The number of benzene rings is 3. The molecule has 0 N–H and O–H groups in total. The van der Waals surface area contributed by atoms with Crippen molar-refractivity contribution in [2.24, 2.45) is 0 Å². The molecule has 3 aromatic carbocycles. The number of fused-ring (bicyclic) bond motifs is 2. The number of carbonyl (C=O) groups excluding carboxylic acids is 3. The molecule has 0 atom stereocenters. The van der Waals surface area contributed by atoms with Gasteiger partial charge in [-0.2, -0.15) is 0 Å². The quantitative estimate of drug-likeness (QED) is 0.303. The molecule has 5 rings (SSSR count). The van der Waals surface area contributed by atoms with Gasteiger partial charge in [-0.25, -0.2) is 14.7 Å². The number of hydrogen-bond acceptors (Lipinski definition) is 7. The molecule has 4 aromatic rings. The van der Waals surface area contributed by atoms with Gasteiger partial charge in [0, 0.05) is 0 Å². The van der Waals surface area contributed by atoms with Gasteiger partial charge in [-0.05, 0) is 61.5 Å². The van der Waals surface area contributed by atoms with Crippen LogP contribution in [0.1, 0.15) is 43.0 Å². The van der Waals surface area contributed by atoms with Crippen LogP contribution in [-0.4, -0.2) is 29.4 Å². The minimum Gasteiger partial charge on any atom is -0.494 e. The number of aromatic nitrogens is 1. The van der Waals surface area contributed by atoms with Crippen molar-refractivity contribution in [2.75, 3.05) is 11.5 Å². The average molecular weight is 458 g/mol. The number of esters is 1. The van der Waals surface area contributed by atoms with E-state index in [2.05, 4.69) is 4.98 Å². The van der Waals surface area contributed by atoms with E-state index < -0.39 is 17.8 Å². The van der Waals surface area contributed by atoms with Gasteiger partial charge in [0.1, 0.15) is 17.4 Å². The first-order valence-corrected chi connectivity index (χ1v) is 11.1. The molecular formula is C25H18N2O5S. The molecule has 1 aliphatic heterocycles. The highest BCUT2D eigenvalue weighted by molar-refractivity contribution is 7.18. The van der Waals surface area contributed by atoms with E-state index in [1.54, 1.807) is 24.3 Å². The minimum absolute atomic E-state index is 0.0282. The summed E-state index contributed by atoms with van der Waals surface area (Å²) in [7, 11) is 0. The summed E-state index contributed by atoms with van der Waals surface area (Å²) in [5.74, 6) is -0.860. The SMILES string of the molecule is CCOc1ccc(N2C(=O)c3ccc(C(=O)OCc4nc5ccccc5s4)cc3C2=O)cc1. The summed E-state index contributed by atoms with van der Waals surface area (Å²) in [5.41, 5.74) is 1.90. The topological polar surface area (TPSA) is 85.8 Å². The number of para-hydroxylation sites is 1. The van der Waals surface area contributed by atoms with Crippen molar-refractivity contribution in [2.45, 2.75) is 13.5 Å². The van der Waals surface area contributed by atoms with Gasteiger partial charge in [0.15, 0.2) is 0 Å². The van der Waals surface area contributed by atoms with Gasteiger partial charge < -0.3 is 9.47 Å². The van der Waals surface area contributed by atoms with E-state index in [4.69, 9.17) is 9.47 Å². The molecule has 2 amide bonds. The lowest BCUT2D eigenvalue weighted by Crippen LogP contribution is -2.29. The molecule has 0 fully saturated rings. The smallest absolute Gasteiger partial charge is 0.338 e. The standard InChI is InChI=1S/C25H18N2O5S/c1-2-31-17-10-8-16(9-11-17)27-23(28)18-12-7-15(13-19(18)24(27)29)25(30)32-14-22-26-20-5-3-4-6-21(20)33-22/h3-13H,2,14H2,1H3. The highest BCUT2D eigenvalue weighted by Gasteiger charge is 2.37. The molecule has 0 saturated carbocycles. The molecule has 164 valence electrons. The number of rotatable bonds is 6. The number of thiazole rings is 1. The highest BCUT2D eigenvalue weighted by Crippen LogP contribution is 2.30. The van der Waals surface area contributed by atoms with E-state index in [-0.39, 0.29) is 23.3 Å². The number of imide groups is 1. The number of ether oxygens (including phenoxy) is 2. The maximum absolute atomic E-state index is 13.0. The molecule has 1 aliphatic rings. The Balaban J connectivity index is 1.33. The van der Waals surface area contributed by atoms with E-state index in [1.165, 1.54) is 29.5 Å². The van der Waals surface area contributed by atoms with Crippen molar-refractivity contribution < 1.29 is 23.9 Å². The van der Waals surface area contributed by atoms with Crippen LogP contribution in [-0.2, 0) is 11.3 Å². The van der Waals surface area contributed by atoms with E-state index in [0.29, 0.717) is 23.1 Å². The Morgan fingerprint density at radius 3 is 2.48 bits per heavy atom. The van der Waals surface area contributed by atoms with Crippen LogP contribution in [0.5, 0.6) is 5.75 Å². The Labute approximate surface area is 193 Å². The third-order valence-electron chi connectivity index (χ3n) is 5.19. The summed E-state index contributed by atoms with van der Waals surface area (Å²) in [4.78, 5) is 44.0. The molecule has 1 aromatic heterocycles. The largest absolute Gasteiger partial charge is 0.494 e. The molecule has 0 bridgehead atoms. The Morgan fingerprint density at radius 2 is 1.73 bits per heavy atom. The molecule has 0 radical (unpaired) electrons. The van der Waals surface area contributed by atoms with Crippen LogP contribution in [0.2, 0.25) is 0 Å². The Hall–Kier alpha value is -4.04. The van der Waals surface area contributed by atoms with Crippen LogP contribution < -0.4 is 9.64 Å². The van der Waals surface area contributed by atoms with E-state index in [0.717, 1.165) is 15.1 Å². The fraction of sp³-hybridized carbons (Fsp3) is 0.120. The fourth-order valence-electron chi connectivity index (χ4n) is 3.65. The van der Waals surface area contributed by atoms with Crippen LogP contribution >= 0.6 is 11.3 Å². The molecule has 8 heteroatoms. The molecular weight excluding hydrogens is 440 g/mol. The zero-order chi connectivity index (χ0) is 22.9. The predicted octanol–water partition coefficient (Wildman–Crippen LogP) is 4.85. The van der Waals surface area contributed by atoms with Crippen molar-refractivity contribution in [3.63, 3.8) is 0 Å². The zero-order valence-corrected chi connectivity index (χ0v) is 18.4. The first-order valence-electron chi connectivity index (χ1n) is 10.3. The lowest BCUT2D eigenvalue weighted by atomic mass is 10.1. The van der Waals surface area contributed by atoms with Crippen molar-refractivity contribution in [1.82, 2.24) is 4.98 Å². The summed E-state index contributed by atoms with van der Waals surface area (Å²) < 4.78 is 11.8. The van der Waals surface area contributed by atoms with E-state index in [1.807, 2.05) is 31.2 Å². The molecule has 0 spiro atoms. The zero-order valence-electron chi connectivity index (χ0n) is 17.6. The van der Waals surface area contributed by atoms with Crippen LogP contribution in [0, 0.1) is 0 Å². The van der Waals surface area contributed by atoms with Crippen molar-refractivity contribution >= 4 is 45.0 Å². The van der Waals surface area contributed by atoms with E-state index in [9.17, 15) is 14.4 Å². The summed E-state index contributed by atoms with van der Waals surface area (Å²) in [5, 5.41) is 0.679. The van der Waals surface area contributed by atoms with E-state index >= 15 is 0 Å². The van der Waals surface area contributed by atoms with Crippen LogP contribution in [0.25, 0.3) is 10.2 Å². The highest BCUT2D eigenvalue weighted by atomic mass is 32.1. The van der Waals surface area contributed by atoms with Crippen LogP contribution in [0.4, 0.5) is 5.69 Å². The number of hydrogen-bond donors (Lipinski definition) is 0. The second-order valence-corrected chi connectivity index (χ2v) is 8.40. The fourth-order valence-corrected chi connectivity index (χ4v) is 4.53. The Kier molecular flexibility index (Phi) is 5.35. The summed E-state index contributed by atoms with van der Waals surface area (Å²) in [6, 6.07) is 18.8. The van der Waals surface area contributed by atoms with Gasteiger partial charge in [0.25, 0.3) is 11.8 Å². The van der Waals surface area contributed by atoms with Gasteiger partial charge in [0.05, 0.1) is 39.2 Å². The maximum Gasteiger partial charge on any atom is 0.338 e. The number of amides is 2. The number of carbonyl (C=O) groups is 3. The monoisotopic (exact) mass is 458 g/mol. The maximum atomic E-state index is 13.0. The molecule has 0 saturated heterocycles. The van der Waals surface area contributed by atoms with Gasteiger partial charge in [-0.3, -0.25) is 9.59 Å². The molecule has 0 aliphatic carbocycles. The molecule has 33 heavy (non-hydrogen) atoms. The summed E-state index contributed by atoms with van der Waals surface area (Å²) in [6.07, 6.45) is 0. The van der Waals surface area contributed by atoms with Crippen molar-refractivity contribution in [1.29, 1.82) is 0 Å². The second kappa shape index (κ2) is 8.48. The van der Waals surface area contributed by atoms with Crippen LogP contribution in [0.15, 0.2) is 66.7 Å². The summed E-state index contributed by atoms with van der Waals surface area (Å²) >= 11 is 1.45. The van der Waals surface area contributed by atoms with Gasteiger partial charge >= 0.3 is 5.97 Å². The minimum atomic E-state index is -0.586. The first kappa shape index (κ1) is 20.8. The average Bonchev–Trinajstić information content (AvgIpc) is 3.36. The molecule has 7 nitrogen and oxygen atoms in total. The van der Waals surface area contributed by atoms with Gasteiger partial charge in [-0.15, -0.1) is 11.3 Å².